The zero-order valence-electron chi connectivity index (χ0n) is 13.7. The summed E-state index contributed by atoms with van der Waals surface area (Å²) < 4.78 is 13.6. The summed E-state index contributed by atoms with van der Waals surface area (Å²) >= 11 is 0. The summed E-state index contributed by atoms with van der Waals surface area (Å²) in [6, 6.07) is 21.0. The van der Waals surface area contributed by atoms with Gasteiger partial charge < -0.3 is 16.0 Å². The summed E-state index contributed by atoms with van der Waals surface area (Å²) in [5.74, 6) is -1.12. The highest BCUT2D eigenvalue weighted by Crippen LogP contribution is 2.16. The molecule has 3 rings (SSSR count). The Morgan fingerprint density at radius 3 is 1.73 bits per heavy atom. The van der Waals surface area contributed by atoms with Gasteiger partial charge in [0.05, 0.1) is 5.56 Å². The largest absolute Gasteiger partial charge is 0.323 e. The number of carbonyl (C=O) groups is 2. The molecule has 0 aliphatic carbocycles. The second-order valence-electron chi connectivity index (χ2n) is 5.46. The molecule has 0 fully saturated rings. The summed E-state index contributed by atoms with van der Waals surface area (Å²) in [6.07, 6.45) is 0. The maximum Gasteiger partial charge on any atom is 0.323 e. The maximum absolute atomic E-state index is 13.6. The summed E-state index contributed by atoms with van der Waals surface area (Å²) in [4.78, 5) is 24.0. The van der Waals surface area contributed by atoms with Gasteiger partial charge in [0.25, 0.3) is 5.91 Å². The summed E-state index contributed by atoms with van der Waals surface area (Å²) in [5, 5.41) is 8.00. The van der Waals surface area contributed by atoms with Crippen LogP contribution in [-0.2, 0) is 0 Å². The predicted molar refractivity (Wildman–Crippen MR) is 99.9 cm³/mol. The van der Waals surface area contributed by atoms with Crippen molar-refractivity contribution < 1.29 is 14.0 Å². The third kappa shape index (κ3) is 4.45. The minimum atomic E-state index is -0.583. The van der Waals surface area contributed by atoms with Gasteiger partial charge in [0.15, 0.2) is 0 Å². The van der Waals surface area contributed by atoms with Crippen LogP contribution >= 0.6 is 0 Å². The Kier molecular flexibility index (Phi) is 5.24. The molecule has 0 aromatic heterocycles. The molecule has 3 N–H and O–H groups in total. The molecule has 0 unspecified atom stereocenters. The van der Waals surface area contributed by atoms with Crippen molar-refractivity contribution in [1.29, 1.82) is 0 Å². The van der Waals surface area contributed by atoms with Crippen LogP contribution in [-0.4, -0.2) is 11.9 Å². The minimum absolute atomic E-state index is 0.0306. The van der Waals surface area contributed by atoms with Crippen molar-refractivity contribution in [2.24, 2.45) is 0 Å². The number of hydrogen-bond acceptors (Lipinski definition) is 2. The lowest BCUT2D eigenvalue weighted by Crippen LogP contribution is -2.19. The van der Waals surface area contributed by atoms with Gasteiger partial charge in [-0.25, -0.2) is 9.18 Å². The Morgan fingerprint density at radius 1 is 0.615 bits per heavy atom. The third-order valence-electron chi connectivity index (χ3n) is 3.55. The molecule has 0 aliphatic heterocycles. The highest BCUT2D eigenvalue weighted by molar-refractivity contribution is 6.04. The molecule has 3 amide bonds. The lowest BCUT2D eigenvalue weighted by Gasteiger charge is -2.09. The SMILES string of the molecule is O=C(Nc1ccccc1)Nc1ccc(NC(=O)c2ccccc2F)cc1. The fourth-order valence-electron chi connectivity index (χ4n) is 2.30. The van der Waals surface area contributed by atoms with E-state index in [1.165, 1.54) is 18.2 Å². The van der Waals surface area contributed by atoms with Crippen LogP contribution < -0.4 is 16.0 Å². The number of halogens is 1. The number of amides is 3. The number of benzene rings is 3. The van der Waals surface area contributed by atoms with E-state index in [-0.39, 0.29) is 11.6 Å². The van der Waals surface area contributed by atoms with Crippen LogP contribution in [0.3, 0.4) is 0 Å². The Labute approximate surface area is 149 Å². The number of anilines is 3. The van der Waals surface area contributed by atoms with E-state index in [1.54, 1.807) is 42.5 Å². The van der Waals surface area contributed by atoms with E-state index in [2.05, 4.69) is 16.0 Å². The van der Waals surface area contributed by atoms with Crippen molar-refractivity contribution in [3.8, 4) is 0 Å². The van der Waals surface area contributed by atoms with Crippen LogP contribution in [0.1, 0.15) is 10.4 Å². The highest BCUT2D eigenvalue weighted by Gasteiger charge is 2.11. The van der Waals surface area contributed by atoms with Crippen molar-refractivity contribution in [3.05, 3.63) is 90.2 Å². The zero-order chi connectivity index (χ0) is 18.4. The van der Waals surface area contributed by atoms with E-state index in [9.17, 15) is 14.0 Å². The molecule has 3 aromatic carbocycles. The first-order valence-corrected chi connectivity index (χ1v) is 7.91. The number of rotatable bonds is 4. The summed E-state index contributed by atoms with van der Waals surface area (Å²) in [7, 11) is 0. The van der Waals surface area contributed by atoms with E-state index >= 15 is 0 Å². The molecule has 0 saturated heterocycles. The zero-order valence-corrected chi connectivity index (χ0v) is 13.7. The van der Waals surface area contributed by atoms with Crippen LogP contribution in [0.15, 0.2) is 78.9 Å². The lowest BCUT2D eigenvalue weighted by atomic mass is 10.2. The quantitative estimate of drug-likeness (QED) is 0.638. The van der Waals surface area contributed by atoms with Crippen molar-refractivity contribution in [1.82, 2.24) is 0 Å². The summed E-state index contributed by atoms with van der Waals surface area (Å²) in [6.45, 7) is 0. The number of carbonyl (C=O) groups excluding carboxylic acids is 2. The van der Waals surface area contributed by atoms with Gasteiger partial charge in [-0.2, -0.15) is 0 Å². The number of para-hydroxylation sites is 1. The Morgan fingerprint density at radius 2 is 1.12 bits per heavy atom. The average Bonchev–Trinajstić information content (AvgIpc) is 2.64. The van der Waals surface area contributed by atoms with Crippen molar-refractivity contribution in [2.75, 3.05) is 16.0 Å². The number of nitrogens with one attached hydrogen (secondary N) is 3. The van der Waals surface area contributed by atoms with Crippen LogP contribution in [0.4, 0.5) is 26.2 Å². The lowest BCUT2D eigenvalue weighted by molar-refractivity contribution is 0.102. The normalized spacial score (nSPS) is 10.0. The molecule has 6 heteroatoms. The maximum atomic E-state index is 13.6. The Hall–Kier alpha value is -3.67. The van der Waals surface area contributed by atoms with E-state index in [0.717, 1.165) is 0 Å². The van der Waals surface area contributed by atoms with Gasteiger partial charge in [-0.1, -0.05) is 30.3 Å². The smallest absolute Gasteiger partial charge is 0.322 e. The first-order chi connectivity index (χ1) is 12.6. The van der Waals surface area contributed by atoms with Crippen molar-refractivity contribution >= 4 is 29.0 Å². The fourth-order valence-corrected chi connectivity index (χ4v) is 2.30. The topological polar surface area (TPSA) is 70.2 Å². The second-order valence-corrected chi connectivity index (χ2v) is 5.46. The van der Waals surface area contributed by atoms with E-state index in [1.807, 2.05) is 18.2 Å². The van der Waals surface area contributed by atoms with E-state index in [0.29, 0.717) is 17.1 Å². The van der Waals surface area contributed by atoms with Crippen LogP contribution in [0.25, 0.3) is 0 Å². The fraction of sp³-hybridized carbons (Fsp3) is 0. The van der Waals surface area contributed by atoms with Gasteiger partial charge in [-0.15, -0.1) is 0 Å². The standard InChI is InChI=1S/C20H16FN3O2/c21-18-9-5-4-8-17(18)19(25)22-15-10-12-16(13-11-15)24-20(26)23-14-6-2-1-3-7-14/h1-13H,(H,22,25)(H2,23,24,26). The van der Waals surface area contributed by atoms with E-state index < -0.39 is 11.7 Å². The molecule has 0 saturated carbocycles. The molecule has 0 atom stereocenters. The second kappa shape index (κ2) is 7.94. The Bertz CT molecular complexity index is 912. The molecule has 26 heavy (non-hydrogen) atoms. The monoisotopic (exact) mass is 349 g/mol. The van der Waals surface area contributed by atoms with Crippen molar-refractivity contribution in [2.45, 2.75) is 0 Å². The van der Waals surface area contributed by atoms with Gasteiger partial charge in [0.1, 0.15) is 5.82 Å². The molecule has 5 nitrogen and oxygen atoms in total. The van der Waals surface area contributed by atoms with E-state index in [4.69, 9.17) is 0 Å². The van der Waals surface area contributed by atoms with Crippen LogP contribution in [0.5, 0.6) is 0 Å². The number of urea groups is 1. The van der Waals surface area contributed by atoms with Gasteiger partial charge >= 0.3 is 6.03 Å². The molecule has 0 spiro atoms. The predicted octanol–water partition coefficient (Wildman–Crippen LogP) is 4.72. The first-order valence-electron chi connectivity index (χ1n) is 7.91. The first kappa shape index (κ1) is 17.2. The summed E-state index contributed by atoms with van der Waals surface area (Å²) in [5.41, 5.74) is 1.70. The van der Waals surface area contributed by atoms with Gasteiger partial charge in [0, 0.05) is 17.1 Å². The average molecular weight is 349 g/mol. The molecule has 130 valence electrons. The molecule has 0 heterocycles. The minimum Gasteiger partial charge on any atom is -0.322 e. The Balaban J connectivity index is 1.59. The van der Waals surface area contributed by atoms with Gasteiger partial charge in [-0.3, -0.25) is 4.79 Å². The van der Waals surface area contributed by atoms with Gasteiger partial charge in [0.2, 0.25) is 0 Å². The molecular formula is C20H16FN3O2. The molecule has 0 bridgehead atoms. The molecular weight excluding hydrogens is 333 g/mol. The van der Waals surface area contributed by atoms with Gasteiger partial charge in [-0.05, 0) is 48.5 Å². The highest BCUT2D eigenvalue weighted by atomic mass is 19.1. The molecule has 0 radical (unpaired) electrons. The number of hydrogen-bond donors (Lipinski definition) is 3. The van der Waals surface area contributed by atoms with Crippen LogP contribution in [0, 0.1) is 5.82 Å². The van der Waals surface area contributed by atoms with Crippen LogP contribution in [0.2, 0.25) is 0 Å². The molecule has 0 aliphatic rings. The third-order valence-corrected chi connectivity index (χ3v) is 3.55. The molecule has 3 aromatic rings. The van der Waals surface area contributed by atoms with Crippen molar-refractivity contribution in [3.63, 3.8) is 0 Å².